The topological polar surface area (TPSA) is 73.2 Å². The van der Waals surface area contributed by atoms with Crippen molar-refractivity contribution in [3.63, 3.8) is 0 Å². The van der Waals surface area contributed by atoms with E-state index in [1.165, 1.54) is 4.90 Å². The molecule has 2 amide bonds. The van der Waals surface area contributed by atoms with E-state index in [1.54, 1.807) is 12.1 Å². The van der Waals surface area contributed by atoms with Crippen molar-refractivity contribution in [1.29, 1.82) is 5.26 Å². The molecule has 1 atom stereocenters. The van der Waals surface area contributed by atoms with Gasteiger partial charge in [0.25, 0.3) is 5.91 Å². The molecule has 2 rings (SSSR count). The first-order valence-electron chi connectivity index (χ1n) is 6.34. The molecule has 0 radical (unpaired) electrons. The summed E-state index contributed by atoms with van der Waals surface area (Å²) in [6.45, 7) is 0.527. The molecule has 1 aromatic rings. The largest absolute Gasteiger partial charge is 0.343 e. The first-order valence-corrected chi connectivity index (χ1v) is 7.42. The number of amides is 2. The van der Waals surface area contributed by atoms with E-state index in [9.17, 15) is 9.59 Å². The van der Waals surface area contributed by atoms with Crippen molar-refractivity contribution in [2.45, 2.75) is 18.9 Å². The summed E-state index contributed by atoms with van der Waals surface area (Å²) in [4.78, 5) is 25.4. The number of nitrogens with zero attached hydrogens (tertiary/aromatic N) is 2. The van der Waals surface area contributed by atoms with Gasteiger partial charge in [-0.25, -0.2) is 0 Å². The highest BCUT2D eigenvalue weighted by atomic mass is 127. The van der Waals surface area contributed by atoms with Crippen molar-refractivity contribution < 1.29 is 9.59 Å². The SMILES string of the molecule is N#C[C@@H]1CCCN1C(=O)CNC(=O)c1ccc(I)cc1. The molecule has 0 saturated carbocycles. The molecule has 104 valence electrons. The lowest BCUT2D eigenvalue weighted by Gasteiger charge is -2.19. The van der Waals surface area contributed by atoms with Crippen molar-refractivity contribution in [3.05, 3.63) is 33.4 Å². The Morgan fingerprint density at radius 3 is 2.75 bits per heavy atom. The van der Waals surface area contributed by atoms with Crippen LogP contribution < -0.4 is 5.32 Å². The fraction of sp³-hybridized carbons (Fsp3) is 0.357. The van der Waals surface area contributed by atoms with Crippen LogP contribution in [0.3, 0.4) is 0 Å². The minimum absolute atomic E-state index is 0.0665. The van der Waals surface area contributed by atoms with Crippen LogP contribution in [0.5, 0.6) is 0 Å². The summed E-state index contributed by atoms with van der Waals surface area (Å²) in [5.41, 5.74) is 0.525. The third-order valence-corrected chi connectivity index (χ3v) is 3.95. The Labute approximate surface area is 131 Å². The molecule has 1 N–H and O–H groups in total. The maximum Gasteiger partial charge on any atom is 0.251 e. The number of carbonyl (C=O) groups is 2. The highest BCUT2D eigenvalue weighted by Gasteiger charge is 2.28. The third-order valence-electron chi connectivity index (χ3n) is 3.23. The van der Waals surface area contributed by atoms with E-state index in [0.29, 0.717) is 18.5 Å². The second-order valence-corrected chi connectivity index (χ2v) is 5.81. The number of halogens is 1. The second-order valence-electron chi connectivity index (χ2n) is 4.56. The molecule has 0 bridgehead atoms. The Hall–Kier alpha value is -1.62. The number of nitriles is 1. The summed E-state index contributed by atoms with van der Waals surface area (Å²) < 4.78 is 1.05. The van der Waals surface area contributed by atoms with Gasteiger partial charge in [-0.1, -0.05) is 0 Å². The lowest BCUT2D eigenvalue weighted by Crippen LogP contribution is -2.42. The van der Waals surface area contributed by atoms with Crippen LogP contribution in [0.15, 0.2) is 24.3 Å². The van der Waals surface area contributed by atoms with Crippen LogP contribution in [-0.2, 0) is 4.79 Å². The zero-order chi connectivity index (χ0) is 14.5. The van der Waals surface area contributed by atoms with Crippen LogP contribution in [0.25, 0.3) is 0 Å². The van der Waals surface area contributed by atoms with Crippen LogP contribution in [0.4, 0.5) is 0 Å². The van der Waals surface area contributed by atoms with Gasteiger partial charge < -0.3 is 10.2 Å². The molecule has 6 heteroatoms. The number of hydrogen-bond acceptors (Lipinski definition) is 3. The van der Waals surface area contributed by atoms with Crippen LogP contribution in [0.1, 0.15) is 23.2 Å². The Balaban J connectivity index is 1.89. The second kappa shape index (κ2) is 6.70. The molecule has 1 aliphatic rings. The summed E-state index contributed by atoms with van der Waals surface area (Å²) >= 11 is 2.16. The quantitative estimate of drug-likeness (QED) is 0.805. The first kappa shape index (κ1) is 14.8. The summed E-state index contributed by atoms with van der Waals surface area (Å²) in [6, 6.07) is 8.87. The minimum atomic E-state index is -0.349. The summed E-state index contributed by atoms with van der Waals surface area (Å²) in [5.74, 6) is -0.477. The van der Waals surface area contributed by atoms with E-state index in [0.717, 1.165) is 9.99 Å². The molecule has 1 saturated heterocycles. The van der Waals surface area contributed by atoms with E-state index >= 15 is 0 Å². The van der Waals surface area contributed by atoms with Gasteiger partial charge >= 0.3 is 0 Å². The summed E-state index contributed by atoms with van der Waals surface area (Å²) in [6.07, 6.45) is 1.56. The van der Waals surface area contributed by atoms with Crippen LogP contribution in [-0.4, -0.2) is 35.8 Å². The van der Waals surface area contributed by atoms with Gasteiger partial charge in [0.2, 0.25) is 5.91 Å². The average molecular weight is 383 g/mol. The molecule has 1 aliphatic heterocycles. The Morgan fingerprint density at radius 1 is 1.40 bits per heavy atom. The van der Waals surface area contributed by atoms with Gasteiger partial charge in [-0.3, -0.25) is 9.59 Å². The smallest absolute Gasteiger partial charge is 0.251 e. The van der Waals surface area contributed by atoms with E-state index in [-0.39, 0.29) is 24.4 Å². The lowest BCUT2D eigenvalue weighted by atomic mass is 10.2. The maximum absolute atomic E-state index is 12.0. The normalized spacial score (nSPS) is 17.6. The van der Waals surface area contributed by atoms with Gasteiger partial charge in [0, 0.05) is 15.7 Å². The third kappa shape index (κ3) is 3.48. The van der Waals surface area contributed by atoms with E-state index in [2.05, 4.69) is 34.0 Å². The highest BCUT2D eigenvalue weighted by Crippen LogP contribution is 2.16. The number of hydrogen-bond donors (Lipinski definition) is 1. The van der Waals surface area contributed by atoms with Crippen molar-refractivity contribution in [2.75, 3.05) is 13.1 Å². The average Bonchev–Trinajstić information content (AvgIpc) is 2.93. The standard InChI is InChI=1S/C14H14IN3O2/c15-11-5-3-10(4-6-11)14(20)17-9-13(19)18-7-1-2-12(18)8-16/h3-6,12H,1-2,7,9H2,(H,17,20)/t12-/m0/s1. The number of rotatable bonds is 3. The van der Waals surface area contributed by atoms with Crippen molar-refractivity contribution in [1.82, 2.24) is 10.2 Å². The zero-order valence-corrected chi connectivity index (χ0v) is 13.0. The number of likely N-dealkylation sites (tertiary alicyclic amines) is 1. The predicted octanol–water partition coefficient (Wildman–Crippen LogP) is 1.54. The van der Waals surface area contributed by atoms with Gasteiger partial charge in [-0.15, -0.1) is 0 Å². The van der Waals surface area contributed by atoms with Gasteiger partial charge in [-0.2, -0.15) is 5.26 Å². The van der Waals surface area contributed by atoms with Crippen LogP contribution >= 0.6 is 22.6 Å². The Kier molecular flexibility index (Phi) is 4.95. The number of nitrogens with one attached hydrogen (secondary N) is 1. The van der Waals surface area contributed by atoms with Crippen molar-refractivity contribution in [2.24, 2.45) is 0 Å². The lowest BCUT2D eigenvalue weighted by molar-refractivity contribution is -0.130. The molecule has 5 nitrogen and oxygen atoms in total. The van der Waals surface area contributed by atoms with Gasteiger partial charge in [-0.05, 0) is 59.7 Å². The summed E-state index contributed by atoms with van der Waals surface area (Å²) in [7, 11) is 0. The number of carbonyl (C=O) groups excluding carboxylic acids is 2. The maximum atomic E-state index is 12.0. The van der Waals surface area contributed by atoms with E-state index in [4.69, 9.17) is 5.26 Å². The number of benzene rings is 1. The Bertz CT molecular complexity index is 551. The molecule has 0 spiro atoms. The first-order chi connectivity index (χ1) is 9.61. The molecule has 0 aromatic heterocycles. The van der Waals surface area contributed by atoms with Gasteiger partial charge in [0.1, 0.15) is 6.04 Å². The molecule has 20 heavy (non-hydrogen) atoms. The van der Waals surface area contributed by atoms with Gasteiger partial charge in [0.05, 0.1) is 12.6 Å². The van der Waals surface area contributed by atoms with Crippen LogP contribution in [0, 0.1) is 14.9 Å². The predicted molar refractivity (Wildman–Crippen MR) is 81.8 cm³/mol. The Morgan fingerprint density at radius 2 is 2.10 bits per heavy atom. The highest BCUT2D eigenvalue weighted by molar-refractivity contribution is 14.1. The van der Waals surface area contributed by atoms with Gasteiger partial charge in [0.15, 0.2) is 0 Å². The molecule has 0 aliphatic carbocycles. The molecule has 1 heterocycles. The monoisotopic (exact) mass is 383 g/mol. The molecule has 0 unspecified atom stereocenters. The van der Waals surface area contributed by atoms with Crippen LogP contribution in [0.2, 0.25) is 0 Å². The van der Waals surface area contributed by atoms with Crippen molar-refractivity contribution >= 4 is 34.4 Å². The molecular formula is C14H14IN3O2. The molecular weight excluding hydrogens is 369 g/mol. The zero-order valence-electron chi connectivity index (χ0n) is 10.8. The molecule has 1 aromatic carbocycles. The molecule has 1 fully saturated rings. The summed E-state index contributed by atoms with van der Waals surface area (Å²) in [5, 5.41) is 11.5. The fourth-order valence-electron chi connectivity index (χ4n) is 2.16. The van der Waals surface area contributed by atoms with E-state index in [1.807, 2.05) is 12.1 Å². The fourth-order valence-corrected chi connectivity index (χ4v) is 2.52. The van der Waals surface area contributed by atoms with Crippen molar-refractivity contribution in [3.8, 4) is 6.07 Å². The van der Waals surface area contributed by atoms with E-state index < -0.39 is 0 Å². The minimum Gasteiger partial charge on any atom is -0.343 e.